The molecule has 1 heterocycles. The Balaban J connectivity index is 2.06. The van der Waals surface area contributed by atoms with E-state index in [1.807, 2.05) is 0 Å². The molecule has 2 N–H and O–H groups in total. The largest absolute Gasteiger partial charge is 0.327 e. The summed E-state index contributed by atoms with van der Waals surface area (Å²) in [6.07, 6.45) is 4.83. The summed E-state index contributed by atoms with van der Waals surface area (Å²) in [5.74, 6) is 0. The molecule has 0 aromatic heterocycles. The fraction of sp³-hybridized carbons (Fsp3) is 1.00. The van der Waals surface area contributed by atoms with Crippen LogP contribution in [0.3, 0.4) is 0 Å². The highest BCUT2D eigenvalue weighted by Crippen LogP contribution is 2.46. The van der Waals surface area contributed by atoms with Crippen molar-refractivity contribution in [1.82, 2.24) is 14.7 Å². The van der Waals surface area contributed by atoms with Gasteiger partial charge >= 0.3 is 0 Å². The summed E-state index contributed by atoms with van der Waals surface area (Å²) in [6, 6.07) is 1.49. The number of likely N-dealkylation sites (tertiary alicyclic amines) is 1. The number of hydrogen-bond acceptors (Lipinski definition) is 4. The first-order chi connectivity index (χ1) is 12.0. The Labute approximate surface area is 169 Å². The molecule has 0 atom stereocenters. The Morgan fingerprint density at radius 2 is 1.07 bits per heavy atom. The van der Waals surface area contributed by atoms with Crippen LogP contribution in [-0.2, 0) is 0 Å². The summed E-state index contributed by atoms with van der Waals surface area (Å²) in [6.45, 7) is 20.0. The van der Waals surface area contributed by atoms with Gasteiger partial charge in [0.25, 0.3) is 0 Å². The first-order valence-corrected chi connectivity index (χ1v) is 10.9. The van der Waals surface area contributed by atoms with Gasteiger partial charge in [-0.15, -0.1) is 0 Å². The van der Waals surface area contributed by atoms with Crippen LogP contribution in [0.2, 0.25) is 0 Å². The second-order valence-electron chi connectivity index (χ2n) is 12.4. The maximum absolute atomic E-state index is 6.61. The van der Waals surface area contributed by atoms with Gasteiger partial charge in [0.2, 0.25) is 0 Å². The Hall–Kier alpha value is -0.160. The Morgan fingerprint density at radius 3 is 1.44 bits per heavy atom. The van der Waals surface area contributed by atoms with E-state index < -0.39 is 0 Å². The van der Waals surface area contributed by atoms with Crippen LogP contribution in [0.1, 0.15) is 81.1 Å². The summed E-state index contributed by atoms with van der Waals surface area (Å²) < 4.78 is 0. The molecule has 4 nitrogen and oxygen atoms in total. The van der Waals surface area contributed by atoms with Gasteiger partial charge < -0.3 is 5.73 Å². The smallest absolute Gasteiger partial charge is 0.0505 e. The van der Waals surface area contributed by atoms with Gasteiger partial charge in [0.1, 0.15) is 0 Å². The van der Waals surface area contributed by atoms with E-state index in [0.717, 1.165) is 6.67 Å². The van der Waals surface area contributed by atoms with Crippen molar-refractivity contribution in [1.29, 1.82) is 0 Å². The normalized spacial score (nSPS) is 33.6. The molecule has 4 heteroatoms. The van der Waals surface area contributed by atoms with Crippen molar-refractivity contribution in [2.45, 2.75) is 110 Å². The van der Waals surface area contributed by atoms with Gasteiger partial charge in [-0.1, -0.05) is 27.7 Å². The summed E-state index contributed by atoms with van der Waals surface area (Å²) >= 11 is 0. The molecule has 1 aliphatic carbocycles. The monoisotopic (exact) mass is 380 g/mol. The minimum Gasteiger partial charge on any atom is -0.327 e. The van der Waals surface area contributed by atoms with Gasteiger partial charge in [-0.2, -0.15) is 0 Å². The van der Waals surface area contributed by atoms with E-state index in [4.69, 9.17) is 5.73 Å². The lowest BCUT2D eigenvalue weighted by Crippen LogP contribution is -2.63. The number of hydrogen-bond donors (Lipinski definition) is 1. The molecule has 0 aromatic carbocycles. The van der Waals surface area contributed by atoms with Gasteiger partial charge in [-0.25, -0.2) is 0 Å². The molecule has 1 aliphatic heterocycles. The van der Waals surface area contributed by atoms with E-state index in [1.165, 1.54) is 25.7 Å². The molecule has 2 aliphatic rings. The quantitative estimate of drug-likeness (QED) is 0.748. The van der Waals surface area contributed by atoms with Crippen LogP contribution >= 0.6 is 0 Å². The van der Waals surface area contributed by atoms with Crippen molar-refractivity contribution < 1.29 is 0 Å². The third-order valence-electron chi connectivity index (χ3n) is 8.19. The van der Waals surface area contributed by atoms with Gasteiger partial charge in [0.15, 0.2) is 0 Å². The highest BCUT2D eigenvalue weighted by Gasteiger charge is 2.47. The third kappa shape index (κ3) is 4.71. The van der Waals surface area contributed by atoms with E-state index >= 15 is 0 Å². The summed E-state index contributed by atoms with van der Waals surface area (Å²) in [7, 11) is 6.93. The van der Waals surface area contributed by atoms with Crippen molar-refractivity contribution in [2.75, 3.05) is 27.8 Å². The van der Waals surface area contributed by atoms with E-state index in [0.29, 0.717) is 12.1 Å². The molecule has 0 amide bonds. The Morgan fingerprint density at radius 1 is 0.741 bits per heavy atom. The molecule has 0 spiro atoms. The molecule has 1 saturated heterocycles. The SMILES string of the molecule is CN(CN(C)C1CC(C)(C)N(C)C(C)(C)C1)C1CC(C)(C)C(N)C(C)(C)C1. The molecular weight excluding hydrogens is 332 g/mol. The molecule has 0 bridgehead atoms. The predicted octanol–water partition coefficient (Wildman–Crippen LogP) is 4.00. The zero-order valence-corrected chi connectivity index (χ0v) is 20.2. The Kier molecular flexibility index (Phi) is 6.22. The molecule has 160 valence electrons. The average molecular weight is 381 g/mol. The standard InChI is InChI=1S/C23H48N4/c1-20(2)12-17(13-21(3,4)19(20)24)25(9)16-26(10)18-14-22(5,6)27(11)23(7,8)15-18/h17-19H,12-16,24H2,1-11H3. The average Bonchev–Trinajstić information content (AvgIpc) is 2.48. The van der Waals surface area contributed by atoms with Crippen molar-refractivity contribution in [3.63, 3.8) is 0 Å². The predicted molar refractivity (Wildman–Crippen MR) is 118 cm³/mol. The number of nitrogens with zero attached hydrogens (tertiary/aromatic N) is 3. The van der Waals surface area contributed by atoms with Gasteiger partial charge in [-0.05, 0) is 85.4 Å². The van der Waals surface area contributed by atoms with Crippen LogP contribution in [-0.4, -0.2) is 71.7 Å². The van der Waals surface area contributed by atoms with Crippen LogP contribution in [0, 0.1) is 10.8 Å². The molecule has 2 rings (SSSR count). The molecule has 1 saturated carbocycles. The molecular formula is C23H48N4. The van der Waals surface area contributed by atoms with Crippen molar-refractivity contribution in [2.24, 2.45) is 16.6 Å². The van der Waals surface area contributed by atoms with E-state index in [2.05, 4.69) is 91.2 Å². The maximum Gasteiger partial charge on any atom is 0.0505 e. The highest BCUT2D eigenvalue weighted by molar-refractivity contribution is 5.03. The third-order valence-corrected chi connectivity index (χ3v) is 8.19. The van der Waals surface area contributed by atoms with Crippen LogP contribution in [0.15, 0.2) is 0 Å². The molecule has 0 aromatic rings. The van der Waals surface area contributed by atoms with Crippen LogP contribution in [0.5, 0.6) is 0 Å². The second kappa shape index (κ2) is 7.27. The summed E-state index contributed by atoms with van der Waals surface area (Å²) in [5.41, 5.74) is 7.47. The van der Waals surface area contributed by atoms with Gasteiger partial charge in [0.05, 0.1) is 6.67 Å². The summed E-state index contributed by atoms with van der Waals surface area (Å²) in [5, 5.41) is 0. The molecule has 2 fully saturated rings. The van der Waals surface area contributed by atoms with Crippen LogP contribution < -0.4 is 5.73 Å². The number of piperidine rings is 1. The van der Waals surface area contributed by atoms with Crippen molar-refractivity contribution >= 4 is 0 Å². The summed E-state index contributed by atoms with van der Waals surface area (Å²) in [4.78, 5) is 7.76. The Bertz CT molecular complexity index is 440. The lowest BCUT2D eigenvalue weighted by Gasteiger charge is -2.56. The minimum atomic E-state index is 0.191. The van der Waals surface area contributed by atoms with Gasteiger partial charge in [-0.3, -0.25) is 14.7 Å². The van der Waals surface area contributed by atoms with E-state index in [1.54, 1.807) is 0 Å². The zero-order valence-electron chi connectivity index (χ0n) is 20.2. The van der Waals surface area contributed by atoms with Gasteiger partial charge in [0, 0.05) is 29.2 Å². The topological polar surface area (TPSA) is 35.7 Å². The number of rotatable bonds is 4. The molecule has 0 unspecified atom stereocenters. The molecule has 0 radical (unpaired) electrons. The maximum atomic E-state index is 6.61. The van der Waals surface area contributed by atoms with E-state index in [9.17, 15) is 0 Å². The molecule has 27 heavy (non-hydrogen) atoms. The lowest BCUT2D eigenvalue weighted by atomic mass is 9.60. The highest BCUT2D eigenvalue weighted by atomic mass is 15.3. The zero-order chi connectivity index (χ0) is 21.0. The fourth-order valence-corrected chi connectivity index (χ4v) is 6.12. The first kappa shape index (κ1) is 23.1. The van der Waals surface area contributed by atoms with Crippen LogP contribution in [0.4, 0.5) is 0 Å². The second-order valence-corrected chi connectivity index (χ2v) is 12.4. The van der Waals surface area contributed by atoms with Crippen molar-refractivity contribution in [3.8, 4) is 0 Å². The fourth-order valence-electron chi connectivity index (χ4n) is 6.12. The number of nitrogens with two attached hydrogens (primary N) is 1. The van der Waals surface area contributed by atoms with E-state index in [-0.39, 0.29) is 27.9 Å². The van der Waals surface area contributed by atoms with Crippen LogP contribution in [0.25, 0.3) is 0 Å². The first-order valence-electron chi connectivity index (χ1n) is 10.9. The lowest BCUT2D eigenvalue weighted by molar-refractivity contribution is -0.0600. The minimum absolute atomic E-state index is 0.191. The van der Waals surface area contributed by atoms with Crippen molar-refractivity contribution in [3.05, 3.63) is 0 Å².